The summed E-state index contributed by atoms with van der Waals surface area (Å²) in [7, 11) is 4.36. The Bertz CT molecular complexity index is 395. The number of hydrogen-bond donors (Lipinski definition) is 1. The van der Waals surface area contributed by atoms with Gasteiger partial charge >= 0.3 is 0 Å². The van der Waals surface area contributed by atoms with Crippen LogP contribution in [0.3, 0.4) is 0 Å². The molecular formula is C16H27N3. The molecule has 0 bridgehead atoms. The van der Waals surface area contributed by atoms with Gasteiger partial charge in [-0.15, -0.1) is 0 Å². The highest BCUT2D eigenvalue weighted by molar-refractivity contribution is 5.28. The highest BCUT2D eigenvalue weighted by Gasteiger charge is 2.22. The molecule has 0 radical (unpaired) electrons. The first-order chi connectivity index (χ1) is 9.08. The van der Waals surface area contributed by atoms with Crippen molar-refractivity contribution in [3.05, 3.63) is 35.4 Å². The summed E-state index contributed by atoms with van der Waals surface area (Å²) in [6.45, 7) is 5.46. The van der Waals surface area contributed by atoms with Crippen LogP contribution in [0.25, 0.3) is 0 Å². The van der Waals surface area contributed by atoms with Crippen LogP contribution in [0, 0.1) is 6.92 Å². The van der Waals surface area contributed by atoms with Crippen molar-refractivity contribution in [1.29, 1.82) is 0 Å². The third-order valence-corrected chi connectivity index (χ3v) is 4.33. The maximum Gasteiger partial charge on any atom is 0.0426 e. The van der Waals surface area contributed by atoms with Gasteiger partial charge in [-0.3, -0.25) is 0 Å². The van der Waals surface area contributed by atoms with E-state index in [2.05, 4.69) is 55.1 Å². The molecule has 1 aromatic carbocycles. The van der Waals surface area contributed by atoms with Gasteiger partial charge in [-0.05, 0) is 58.1 Å². The Hall–Kier alpha value is -0.900. The second-order valence-electron chi connectivity index (χ2n) is 5.96. The molecule has 0 aromatic heterocycles. The number of nitrogens with zero attached hydrogens (tertiary/aromatic N) is 2. The van der Waals surface area contributed by atoms with Gasteiger partial charge in [-0.2, -0.15) is 0 Å². The Morgan fingerprint density at radius 3 is 2.47 bits per heavy atom. The first-order valence-corrected chi connectivity index (χ1v) is 7.28. The number of benzene rings is 1. The standard InChI is InChI=1S/C16H27N3/c1-13-6-4-5-7-15(13)16(17)12-19-10-8-14(9-11-19)18(2)3/h4-7,14,16H,8-12,17H2,1-3H3. The molecule has 2 rings (SSSR count). The first-order valence-electron chi connectivity index (χ1n) is 7.28. The van der Waals surface area contributed by atoms with E-state index in [1.165, 1.54) is 37.1 Å². The number of rotatable bonds is 4. The largest absolute Gasteiger partial charge is 0.323 e. The molecule has 1 aliphatic heterocycles. The Morgan fingerprint density at radius 2 is 1.89 bits per heavy atom. The molecule has 2 N–H and O–H groups in total. The third kappa shape index (κ3) is 3.78. The van der Waals surface area contributed by atoms with E-state index in [1.807, 2.05) is 0 Å². The number of likely N-dealkylation sites (tertiary alicyclic amines) is 1. The van der Waals surface area contributed by atoms with Crippen LogP contribution in [-0.2, 0) is 0 Å². The van der Waals surface area contributed by atoms with Crippen LogP contribution in [-0.4, -0.2) is 49.6 Å². The molecule has 3 nitrogen and oxygen atoms in total. The van der Waals surface area contributed by atoms with Crippen LogP contribution in [0.15, 0.2) is 24.3 Å². The van der Waals surface area contributed by atoms with Gasteiger partial charge in [0, 0.05) is 18.6 Å². The normalized spacial score (nSPS) is 19.8. The van der Waals surface area contributed by atoms with Crippen molar-refractivity contribution < 1.29 is 0 Å². The number of aryl methyl sites for hydroxylation is 1. The highest BCUT2D eigenvalue weighted by atomic mass is 15.2. The molecule has 1 unspecified atom stereocenters. The molecule has 1 atom stereocenters. The molecule has 1 heterocycles. The fourth-order valence-electron chi connectivity index (χ4n) is 3.00. The van der Waals surface area contributed by atoms with Crippen LogP contribution in [0.1, 0.15) is 30.0 Å². The Kier molecular flexibility index (Phi) is 4.97. The molecule has 0 amide bonds. The monoisotopic (exact) mass is 261 g/mol. The molecule has 1 aliphatic rings. The van der Waals surface area contributed by atoms with Crippen molar-refractivity contribution in [2.75, 3.05) is 33.7 Å². The van der Waals surface area contributed by atoms with Crippen molar-refractivity contribution in [2.45, 2.75) is 31.8 Å². The summed E-state index contributed by atoms with van der Waals surface area (Å²) in [5.74, 6) is 0. The lowest BCUT2D eigenvalue weighted by molar-refractivity contribution is 0.139. The third-order valence-electron chi connectivity index (χ3n) is 4.33. The van der Waals surface area contributed by atoms with E-state index in [0.29, 0.717) is 0 Å². The lowest BCUT2D eigenvalue weighted by Crippen LogP contribution is -2.44. The van der Waals surface area contributed by atoms with Crippen LogP contribution in [0.2, 0.25) is 0 Å². The number of nitrogens with two attached hydrogens (primary N) is 1. The maximum atomic E-state index is 6.37. The molecule has 19 heavy (non-hydrogen) atoms. The zero-order chi connectivity index (χ0) is 13.8. The molecule has 0 spiro atoms. The minimum absolute atomic E-state index is 0.136. The molecule has 1 saturated heterocycles. The molecular weight excluding hydrogens is 234 g/mol. The SMILES string of the molecule is Cc1ccccc1C(N)CN1CCC(N(C)C)CC1. The van der Waals surface area contributed by atoms with E-state index < -0.39 is 0 Å². The van der Waals surface area contributed by atoms with Gasteiger partial charge in [0.2, 0.25) is 0 Å². The summed E-state index contributed by atoms with van der Waals surface area (Å²) >= 11 is 0. The molecule has 3 heteroatoms. The van der Waals surface area contributed by atoms with Crippen molar-refractivity contribution in [3.8, 4) is 0 Å². The Balaban J connectivity index is 1.87. The zero-order valence-corrected chi connectivity index (χ0v) is 12.5. The second kappa shape index (κ2) is 6.51. The summed E-state index contributed by atoms with van der Waals surface area (Å²) in [4.78, 5) is 4.86. The summed E-state index contributed by atoms with van der Waals surface area (Å²) in [5.41, 5.74) is 8.96. The highest BCUT2D eigenvalue weighted by Crippen LogP contribution is 2.19. The maximum absolute atomic E-state index is 6.37. The summed E-state index contributed by atoms with van der Waals surface area (Å²) < 4.78 is 0. The zero-order valence-electron chi connectivity index (χ0n) is 12.5. The predicted octanol–water partition coefficient (Wildman–Crippen LogP) is 2.02. The summed E-state index contributed by atoms with van der Waals surface area (Å²) in [5, 5.41) is 0. The molecule has 1 aromatic rings. The number of piperidine rings is 1. The topological polar surface area (TPSA) is 32.5 Å². The van der Waals surface area contributed by atoms with Crippen molar-refractivity contribution in [2.24, 2.45) is 5.73 Å². The van der Waals surface area contributed by atoms with E-state index in [0.717, 1.165) is 12.6 Å². The average Bonchev–Trinajstić information content (AvgIpc) is 2.39. The minimum atomic E-state index is 0.136. The van der Waals surface area contributed by atoms with Crippen LogP contribution < -0.4 is 5.73 Å². The fourth-order valence-corrected chi connectivity index (χ4v) is 3.00. The van der Waals surface area contributed by atoms with Crippen LogP contribution >= 0.6 is 0 Å². The molecule has 106 valence electrons. The summed E-state index contributed by atoms with van der Waals surface area (Å²) in [6.07, 6.45) is 2.51. The first kappa shape index (κ1) is 14.5. The Morgan fingerprint density at radius 1 is 1.26 bits per heavy atom. The lowest BCUT2D eigenvalue weighted by Gasteiger charge is -2.36. The van der Waals surface area contributed by atoms with E-state index in [-0.39, 0.29) is 6.04 Å². The number of hydrogen-bond acceptors (Lipinski definition) is 3. The quantitative estimate of drug-likeness (QED) is 0.900. The van der Waals surface area contributed by atoms with E-state index in [1.54, 1.807) is 0 Å². The van der Waals surface area contributed by atoms with Gasteiger partial charge in [0.05, 0.1) is 0 Å². The van der Waals surface area contributed by atoms with Gasteiger partial charge < -0.3 is 15.5 Å². The van der Waals surface area contributed by atoms with Crippen LogP contribution in [0.5, 0.6) is 0 Å². The van der Waals surface area contributed by atoms with Crippen molar-refractivity contribution in [1.82, 2.24) is 9.80 Å². The van der Waals surface area contributed by atoms with E-state index >= 15 is 0 Å². The van der Waals surface area contributed by atoms with Crippen LogP contribution in [0.4, 0.5) is 0 Å². The van der Waals surface area contributed by atoms with Crippen molar-refractivity contribution >= 4 is 0 Å². The van der Waals surface area contributed by atoms with Gasteiger partial charge in [0.15, 0.2) is 0 Å². The van der Waals surface area contributed by atoms with E-state index in [9.17, 15) is 0 Å². The lowest BCUT2D eigenvalue weighted by atomic mass is 9.99. The smallest absolute Gasteiger partial charge is 0.0426 e. The molecule has 1 fully saturated rings. The molecule has 0 saturated carbocycles. The fraction of sp³-hybridized carbons (Fsp3) is 0.625. The molecule has 0 aliphatic carbocycles. The Labute approximate surface area is 117 Å². The average molecular weight is 261 g/mol. The predicted molar refractivity (Wildman–Crippen MR) is 81.3 cm³/mol. The minimum Gasteiger partial charge on any atom is -0.323 e. The van der Waals surface area contributed by atoms with Gasteiger partial charge in [0.1, 0.15) is 0 Å². The second-order valence-corrected chi connectivity index (χ2v) is 5.96. The van der Waals surface area contributed by atoms with Gasteiger partial charge in [-0.25, -0.2) is 0 Å². The van der Waals surface area contributed by atoms with Gasteiger partial charge in [0.25, 0.3) is 0 Å². The summed E-state index contributed by atoms with van der Waals surface area (Å²) in [6, 6.07) is 9.34. The van der Waals surface area contributed by atoms with Crippen molar-refractivity contribution in [3.63, 3.8) is 0 Å². The van der Waals surface area contributed by atoms with E-state index in [4.69, 9.17) is 5.73 Å². The van der Waals surface area contributed by atoms with Gasteiger partial charge in [-0.1, -0.05) is 24.3 Å².